The van der Waals surface area contributed by atoms with E-state index >= 15 is 0 Å². The molecule has 82 valence electrons. The van der Waals surface area contributed by atoms with Crippen molar-refractivity contribution in [2.75, 3.05) is 6.61 Å². The van der Waals surface area contributed by atoms with Gasteiger partial charge in [0.1, 0.15) is 5.75 Å². The second kappa shape index (κ2) is 3.21. The van der Waals surface area contributed by atoms with E-state index in [1.54, 1.807) is 0 Å². The lowest BCUT2D eigenvalue weighted by atomic mass is 10.00. The average molecular weight is 213 g/mol. The van der Waals surface area contributed by atoms with E-state index in [0.29, 0.717) is 0 Å². The summed E-state index contributed by atoms with van der Waals surface area (Å²) in [7, 11) is 0. The van der Waals surface area contributed by atoms with Gasteiger partial charge in [-0.2, -0.15) is 0 Å². The molecular formula is C14H15NO. The molecule has 0 spiro atoms. The molecule has 2 heterocycles. The molecule has 0 aliphatic carbocycles. The van der Waals surface area contributed by atoms with Gasteiger partial charge in [-0.1, -0.05) is 0 Å². The van der Waals surface area contributed by atoms with Gasteiger partial charge in [-0.3, -0.25) is 4.98 Å². The predicted molar refractivity (Wildman–Crippen MR) is 65.2 cm³/mol. The van der Waals surface area contributed by atoms with Crippen LogP contribution in [0.1, 0.15) is 22.4 Å². The number of benzene rings is 1. The number of hydrogen-bond acceptors (Lipinski definition) is 2. The number of aromatic nitrogens is 1. The SMILES string of the molecule is Cc1cc(C)c2cc(C)c3c(c2n1)CCO3. The highest BCUT2D eigenvalue weighted by molar-refractivity contribution is 5.88. The molecule has 0 amide bonds. The van der Waals surface area contributed by atoms with E-state index < -0.39 is 0 Å². The molecule has 0 saturated carbocycles. The van der Waals surface area contributed by atoms with Crippen molar-refractivity contribution < 1.29 is 4.74 Å². The van der Waals surface area contributed by atoms with Crippen molar-refractivity contribution in [3.05, 3.63) is 34.5 Å². The number of hydrogen-bond donors (Lipinski definition) is 0. The van der Waals surface area contributed by atoms with Gasteiger partial charge in [-0.15, -0.1) is 0 Å². The van der Waals surface area contributed by atoms with Gasteiger partial charge in [-0.25, -0.2) is 0 Å². The standard InChI is InChI=1S/C14H15NO/c1-8-6-10(3)15-13-11-4-5-16-14(11)9(2)7-12(8)13/h6-7H,4-5H2,1-3H3. The van der Waals surface area contributed by atoms with Crippen LogP contribution in [-0.4, -0.2) is 11.6 Å². The maximum absolute atomic E-state index is 5.68. The summed E-state index contributed by atoms with van der Waals surface area (Å²) in [4.78, 5) is 4.67. The van der Waals surface area contributed by atoms with Crippen LogP contribution in [0.3, 0.4) is 0 Å². The topological polar surface area (TPSA) is 22.1 Å². The molecule has 1 aromatic carbocycles. The van der Waals surface area contributed by atoms with E-state index in [9.17, 15) is 0 Å². The predicted octanol–water partition coefficient (Wildman–Crippen LogP) is 3.09. The summed E-state index contributed by atoms with van der Waals surface area (Å²) in [6.07, 6.45) is 0.989. The molecule has 0 bridgehead atoms. The van der Waals surface area contributed by atoms with E-state index in [0.717, 1.165) is 30.0 Å². The molecule has 0 saturated heterocycles. The summed E-state index contributed by atoms with van der Waals surface area (Å²) in [5.74, 6) is 1.06. The third-order valence-corrected chi connectivity index (χ3v) is 3.27. The lowest BCUT2D eigenvalue weighted by molar-refractivity contribution is 0.354. The molecule has 0 fully saturated rings. The highest BCUT2D eigenvalue weighted by atomic mass is 16.5. The van der Waals surface area contributed by atoms with Gasteiger partial charge in [0.2, 0.25) is 0 Å². The molecular weight excluding hydrogens is 198 g/mol. The Bertz CT molecular complexity index is 587. The number of pyridine rings is 1. The molecule has 2 nitrogen and oxygen atoms in total. The highest BCUT2D eigenvalue weighted by Gasteiger charge is 2.19. The fourth-order valence-corrected chi connectivity index (χ4v) is 2.57. The fourth-order valence-electron chi connectivity index (χ4n) is 2.57. The Morgan fingerprint density at radius 1 is 1.12 bits per heavy atom. The number of fused-ring (bicyclic) bond motifs is 3. The molecule has 0 unspecified atom stereocenters. The Morgan fingerprint density at radius 2 is 1.94 bits per heavy atom. The second-order valence-electron chi connectivity index (χ2n) is 4.58. The molecule has 1 aliphatic rings. The van der Waals surface area contributed by atoms with Crippen molar-refractivity contribution in [1.82, 2.24) is 4.98 Å². The monoisotopic (exact) mass is 213 g/mol. The number of aryl methyl sites for hydroxylation is 3. The molecule has 3 rings (SSSR count). The molecule has 0 atom stereocenters. The molecule has 1 aromatic heterocycles. The van der Waals surface area contributed by atoms with Crippen LogP contribution in [0.5, 0.6) is 5.75 Å². The molecule has 2 aromatic rings. The summed E-state index contributed by atoms with van der Waals surface area (Å²) >= 11 is 0. The van der Waals surface area contributed by atoms with Crippen molar-refractivity contribution in [3.63, 3.8) is 0 Å². The first-order chi connectivity index (χ1) is 7.66. The van der Waals surface area contributed by atoms with E-state index in [1.165, 1.54) is 22.1 Å². The van der Waals surface area contributed by atoms with Gasteiger partial charge in [0.25, 0.3) is 0 Å². The first-order valence-corrected chi connectivity index (χ1v) is 5.70. The average Bonchev–Trinajstić information content (AvgIpc) is 2.69. The van der Waals surface area contributed by atoms with Crippen LogP contribution in [0, 0.1) is 20.8 Å². The zero-order valence-corrected chi connectivity index (χ0v) is 9.92. The summed E-state index contributed by atoms with van der Waals surface area (Å²) in [5, 5.41) is 1.27. The van der Waals surface area contributed by atoms with Gasteiger partial charge in [-0.05, 0) is 44.0 Å². The Morgan fingerprint density at radius 3 is 2.75 bits per heavy atom. The van der Waals surface area contributed by atoms with E-state index in [4.69, 9.17) is 4.74 Å². The Balaban J connectivity index is 2.48. The van der Waals surface area contributed by atoms with Gasteiger partial charge in [0.05, 0.1) is 12.1 Å². The Hall–Kier alpha value is -1.57. The first-order valence-electron chi connectivity index (χ1n) is 5.70. The third kappa shape index (κ3) is 1.22. The number of ether oxygens (including phenoxy) is 1. The van der Waals surface area contributed by atoms with Gasteiger partial charge >= 0.3 is 0 Å². The number of nitrogens with zero attached hydrogens (tertiary/aromatic N) is 1. The minimum Gasteiger partial charge on any atom is -0.493 e. The molecule has 1 aliphatic heterocycles. The summed E-state index contributed by atoms with van der Waals surface area (Å²) < 4.78 is 5.68. The summed E-state index contributed by atoms with van der Waals surface area (Å²) in [6.45, 7) is 7.11. The number of rotatable bonds is 0. The smallest absolute Gasteiger partial charge is 0.127 e. The van der Waals surface area contributed by atoms with E-state index in [2.05, 4.69) is 37.9 Å². The maximum atomic E-state index is 5.68. The molecule has 2 heteroatoms. The van der Waals surface area contributed by atoms with Crippen molar-refractivity contribution in [2.24, 2.45) is 0 Å². The largest absolute Gasteiger partial charge is 0.493 e. The summed E-state index contributed by atoms with van der Waals surface area (Å²) in [6, 6.07) is 4.34. The minimum atomic E-state index is 0.796. The van der Waals surface area contributed by atoms with Crippen molar-refractivity contribution >= 4 is 10.9 Å². The van der Waals surface area contributed by atoms with Crippen LogP contribution >= 0.6 is 0 Å². The minimum absolute atomic E-state index is 0.796. The van der Waals surface area contributed by atoms with E-state index in [1.807, 2.05) is 0 Å². The summed E-state index contributed by atoms with van der Waals surface area (Å²) in [5.41, 5.74) is 6.05. The van der Waals surface area contributed by atoms with Crippen LogP contribution in [-0.2, 0) is 6.42 Å². The molecule has 16 heavy (non-hydrogen) atoms. The zero-order chi connectivity index (χ0) is 11.3. The van der Waals surface area contributed by atoms with Gasteiger partial charge in [0, 0.05) is 23.1 Å². The molecule has 0 radical (unpaired) electrons. The Labute approximate surface area is 95.3 Å². The van der Waals surface area contributed by atoms with Gasteiger partial charge < -0.3 is 4.74 Å². The van der Waals surface area contributed by atoms with E-state index in [-0.39, 0.29) is 0 Å². The van der Waals surface area contributed by atoms with Crippen LogP contribution in [0.4, 0.5) is 0 Å². The van der Waals surface area contributed by atoms with Crippen molar-refractivity contribution in [2.45, 2.75) is 27.2 Å². The lowest BCUT2D eigenvalue weighted by Gasteiger charge is -2.10. The third-order valence-electron chi connectivity index (χ3n) is 3.27. The highest BCUT2D eigenvalue weighted by Crippen LogP contribution is 2.36. The van der Waals surface area contributed by atoms with Crippen LogP contribution in [0.25, 0.3) is 10.9 Å². The zero-order valence-electron chi connectivity index (χ0n) is 9.92. The first kappa shape index (κ1) is 9.64. The Kier molecular flexibility index (Phi) is 1.93. The lowest BCUT2D eigenvalue weighted by Crippen LogP contribution is -1.93. The normalized spacial score (nSPS) is 13.9. The molecule has 0 N–H and O–H groups in total. The maximum Gasteiger partial charge on any atom is 0.127 e. The van der Waals surface area contributed by atoms with Gasteiger partial charge in [0.15, 0.2) is 0 Å². The van der Waals surface area contributed by atoms with Crippen LogP contribution in [0.2, 0.25) is 0 Å². The van der Waals surface area contributed by atoms with Crippen LogP contribution in [0.15, 0.2) is 12.1 Å². The van der Waals surface area contributed by atoms with Crippen LogP contribution < -0.4 is 4.74 Å². The fraction of sp³-hybridized carbons (Fsp3) is 0.357. The van der Waals surface area contributed by atoms with Crippen molar-refractivity contribution in [3.8, 4) is 5.75 Å². The second-order valence-corrected chi connectivity index (χ2v) is 4.58. The quantitative estimate of drug-likeness (QED) is 0.671. The van der Waals surface area contributed by atoms with Crippen molar-refractivity contribution in [1.29, 1.82) is 0 Å².